The predicted octanol–water partition coefficient (Wildman–Crippen LogP) is 12.9. The molecule has 0 heteroatoms. The molecule has 0 bridgehead atoms. The van der Waals surface area contributed by atoms with Crippen molar-refractivity contribution in [3.05, 3.63) is 192 Å². The maximum absolute atomic E-state index is 2.40. The van der Waals surface area contributed by atoms with Crippen molar-refractivity contribution in [2.75, 3.05) is 0 Å². The molecule has 1 atom stereocenters. The largest absolute Gasteiger partial charge is 0.0832 e. The highest BCUT2D eigenvalue weighted by Crippen LogP contribution is 2.51. The van der Waals surface area contributed by atoms with Gasteiger partial charge in [0, 0.05) is 11.3 Å². The summed E-state index contributed by atoms with van der Waals surface area (Å²) in [7, 11) is 0. The van der Waals surface area contributed by atoms with Crippen LogP contribution in [0.4, 0.5) is 0 Å². The van der Waals surface area contributed by atoms with Gasteiger partial charge in [-0.2, -0.15) is 0 Å². The highest BCUT2D eigenvalue weighted by atomic mass is 14.4. The van der Waals surface area contributed by atoms with E-state index in [0.717, 1.165) is 6.42 Å². The van der Waals surface area contributed by atoms with Gasteiger partial charge < -0.3 is 0 Å². The molecule has 0 heterocycles. The van der Waals surface area contributed by atoms with E-state index in [9.17, 15) is 0 Å². The predicted molar refractivity (Wildman–Crippen MR) is 206 cm³/mol. The van der Waals surface area contributed by atoms with Crippen LogP contribution in [0.1, 0.15) is 47.6 Å². The third kappa shape index (κ3) is 4.30. The van der Waals surface area contributed by atoms with Crippen molar-refractivity contribution in [1.29, 1.82) is 0 Å². The summed E-state index contributed by atoms with van der Waals surface area (Å²) in [6.07, 6.45) is 5.75. The van der Waals surface area contributed by atoms with Crippen LogP contribution >= 0.6 is 0 Å². The maximum Gasteiger partial charge on any atom is 0.0285 e. The summed E-state index contributed by atoms with van der Waals surface area (Å²) in [5.41, 5.74) is 22.9. The summed E-state index contributed by atoms with van der Waals surface area (Å²) >= 11 is 0. The fourth-order valence-corrected chi connectivity index (χ4v) is 8.87. The van der Waals surface area contributed by atoms with Crippen molar-refractivity contribution < 1.29 is 0 Å². The summed E-state index contributed by atoms with van der Waals surface area (Å²) < 4.78 is 0. The fraction of sp³-hybridized carbons (Fsp3) is 0.102. The number of allylic oxidation sites excluding steroid dienone is 2. The van der Waals surface area contributed by atoms with E-state index in [0.29, 0.717) is 5.92 Å². The van der Waals surface area contributed by atoms with E-state index in [4.69, 9.17) is 0 Å². The maximum atomic E-state index is 2.40. The zero-order valence-corrected chi connectivity index (χ0v) is 27.9. The molecule has 1 unspecified atom stereocenters. The van der Waals surface area contributed by atoms with Crippen LogP contribution in [0.3, 0.4) is 0 Å². The summed E-state index contributed by atoms with van der Waals surface area (Å²) in [5, 5.41) is 0. The van der Waals surface area contributed by atoms with Crippen molar-refractivity contribution in [3.8, 4) is 66.8 Å². The molecule has 3 aliphatic rings. The van der Waals surface area contributed by atoms with Gasteiger partial charge in [0.05, 0.1) is 0 Å². The van der Waals surface area contributed by atoms with Crippen LogP contribution in [0.5, 0.6) is 0 Å². The molecule has 10 rings (SSSR count). The standard InChI is InChI=1S/C49H36/c1-49(2)46-13-6-5-10-41(46)42-27-26-37(30-47(42)49)35-20-18-33(19-21-35)31-14-16-32(17-15-31)34-22-24-36(25-23-34)38-28-29-45-40-9-4-3-8-39(40)44-12-7-11-43(38)48(44)45/h3-10,12-30,44H,11H2,1-2H3. The van der Waals surface area contributed by atoms with Crippen LogP contribution in [0.2, 0.25) is 0 Å². The Labute approximate surface area is 289 Å². The zero-order chi connectivity index (χ0) is 32.7. The minimum atomic E-state index is 0.00982. The van der Waals surface area contributed by atoms with Crippen molar-refractivity contribution >= 4 is 0 Å². The minimum absolute atomic E-state index is 0.00982. The highest BCUT2D eigenvalue weighted by molar-refractivity contribution is 5.87. The van der Waals surface area contributed by atoms with Crippen LogP contribution in [-0.2, 0) is 11.8 Å². The van der Waals surface area contributed by atoms with Gasteiger partial charge in [-0.25, -0.2) is 0 Å². The lowest BCUT2D eigenvalue weighted by Gasteiger charge is -2.22. The molecule has 0 amide bonds. The van der Waals surface area contributed by atoms with Gasteiger partial charge in [0.25, 0.3) is 0 Å². The van der Waals surface area contributed by atoms with Gasteiger partial charge in [0.1, 0.15) is 0 Å². The molecule has 232 valence electrons. The topological polar surface area (TPSA) is 0 Å². The summed E-state index contributed by atoms with van der Waals surface area (Å²) in [4.78, 5) is 0. The van der Waals surface area contributed by atoms with Crippen molar-refractivity contribution in [2.24, 2.45) is 0 Å². The first kappa shape index (κ1) is 28.3. The first-order chi connectivity index (χ1) is 24.0. The molecule has 3 aliphatic carbocycles. The number of hydrogen-bond acceptors (Lipinski definition) is 0. The molecule has 0 aliphatic heterocycles. The van der Waals surface area contributed by atoms with Crippen LogP contribution in [0.15, 0.2) is 164 Å². The lowest BCUT2D eigenvalue weighted by molar-refractivity contribution is 0.660. The first-order valence-corrected chi connectivity index (χ1v) is 17.5. The molecule has 0 saturated heterocycles. The van der Waals surface area contributed by atoms with Gasteiger partial charge in [0.15, 0.2) is 0 Å². The molecule has 0 spiro atoms. The molecular formula is C49H36. The molecule has 0 N–H and O–H groups in total. The van der Waals surface area contributed by atoms with E-state index < -0.39 is 0 Å². The summed E-state index contributed by atoms with van der Waals surface area (Å²) in [5.74, 6) is 0.383. The molecule has 0 radical (unpaired) electrons. The van der Waals surface area contributed by atoms with Gasteiger partial charge in [-0.05, 0) is 107 Å². The third-order valence-electron chi connectivity index (χ3n) is 11.5. The smallest absolute Gasteiger partial charge is 0.0285 e. The van der Waals surface area contributed by atoms with Gasteiger partial charge in [-0.3, -0.25) is 0 Å². The Morgan fingerprint density at radius 3 is 1.59 bits per heavy atom. The van der Waals surface area contributed by atoms with Crippen LogP contribution in [-0.4, -0.2) is 0 Å². The molecule has 7 aromatic rings. The van der Waals surface area contributed by atoms with Gasteiger partial charge >= 0.3 is 0 Å². The second-order valence-electron chi connectivity index (χ2n) is 14.4. The van der Waals surface area contributed by atoms with E-state index in [2.05, 4.69) is 178 Å². The number of hydrogen-bond donors (Lipinski definition) is 0. The van der Waals surface area contributed by atoms with E-state index in [1.54, 1.807) is 0 Å². The van der Waals surface area contributed by atoms with E-state index >= 15 is 0 Å². The van der Waals surface area contributed by atoms with Crippen molar-refractivity contribution in [1.82, 2.24) is 0 Å². The lowest BCUT2D eigenvalue weighted by Crippen LogP contribution is -2.14. The van der Waals surface area contributed by atoms with Crippen LogP contribution in [0.25, 0.3) is 66.8 Å². The molecule has 0 nitrogen and oxygen atoms in total. The van der Waals surface area contributed by atoms with Crippen molar-refractivity contribution in [3.63, 3.8) is 0 Å². The monoisotopic (exact) mass is 624 g/mol. The molecule has 0 fully saturated rings. The number of rotatable bonds is 4. The normalized spacial score (nSPS) is 15.8. The fourth-order valence-electron chi connectivity index (χ4n) is 8.87. The molecule has 0 saturated carbocycles. The first-order valence-electron chi connectivity index (χ1n) is 17.5. The van der Waals surface area contributed by atoms with E-state index in [-0.39, 0.29) is 5.41 Å². The van der Waals surface area contributed by atoms with Crippen LogP contribution in [0, 0.1) is 0 Å². The van der Waals surface area contributed by atoms with E-state index in [1.165, 1.54) is 94.6 Å². The van der Waals surface area contributed by atoms with Gasteiger partial charge in [0.2, 0.25) is 0 Å². The Bertz CT molecular complexity index is 2450. The second kappa shape index (κ2) is 10.6. The Kier molecular flexibility index (Phi) is 6.15. The second-order valence-corrected chi connectivity index (χ2v) is 14.4. The SMILES string of the molecule is CC1(C)c2ccccc2-c2ccc(-c3ccc(-c4ccc(-c5ccc(-c6ccc7c8c6CC=CC8c6ccccc6-7)cc5)cc4)cc3)cc21. The summed E-state index contributed by atoms with van der Waals surface area (Å²) in [6.45, 7) is 4.69. The Hall–Kier alpha value is -5.72. The lowest BCUT2D eigenvalue weighted by atomic mass is 9.81. The average molecular weight is 625 g/mol. The van der Waals surface area contributed by atoms with Crippen molar-refractivity contribution in [2.45, 2.75) is 31.6 Å². The van der Waals surface area contributed by atoms with Gasteiger partial charge in [-0.1, -0.05) is 172 Å². The average Bonchev–Trinajstić information content (AvgIpc) is 3.61. The minimum Gasteiger partial charge on any atom is -0.0832 e. The molecule has 7 aromatic carbocycles. The summed E-state index contributed by atoms with van der Waals surface area (Å²) in [6, 6.07) is 56.6. The highest BCUT2D eigenvalue weighted by Gasteiger charge is 2.35. The molecular weight excluding hydrogens is 589 g/mol. The quantitative estimate of drug-likeness (QED) is 0.171. The van der Waals surface area contributed by atoms with Gasteiger partial charge in [-0.15, -0.1) is 0 Å². The number of benzene rings is 7. The third-order valence-corrected chi connectivity index (χ3v) is 11.5. The Balaban J connectivity index is 0.889. The van der Waals surface area contributed by atoms with Crippen LogP contribution < -0.4 is 0 Å². The molecule has 49 heavy (non-hydrogen) atoms. The van der Waals surface area contributed by atoms with E-state index in [1.807, 2.05) is 0 Å². The Morgan fingerprint density at radius 2 is 0.918 bits per heavy atom. The Morgan fingerprint density at radius 1 is 0.429 bits per heavy atom. The zero-order valence-electron chi connectivity index (χ0n) is 27.9. The number of fused-ring (bicyclic) bond motifs is 6. The molecule has 0 aromatic heterocycles.